The second-order valence-corrected chi connectivity index (χ2v) is 7.86. The minimum Gasteiger partial charge on any atom is -0.294 e. The fourth-order valence-electron chi connectivity index (χ4n) is 3.86. The van der Waals surface area contributed by atoms with Gasteiger partial charge in [0.2, 0.25) is 0 Å². The highest BCUT2D eigenvalue weighted by Crippen LogP contribution is 2.37. The van der Waals surface area contributed by atoms with E-state index in [1.807, 2.05) is 18.2 Å². The van der Waals surface area contributed by atoms with E-state index < -0.39 is 23.5 Å². The maximum atomic E-state index is 13.2. The SMILES string of the molecule is CC(=O)c1c(/C=C/c2cc(C(F)(F)F)cc(C(F)(F)F)c2)nc2ccccc2c1-c1ccccc1. The Morgan fingerprint density at radius 2 is 1.34 bits per heavy atom. The molecule has 0 atom stereocenters. The van der Waals surface area contributed by atoms with Crippen LogP contribution in [0.15, 0.2) is 72.8 Å². The van der Waals surface area contributed by atoms with Gasteiger partial charge in [0.15, 0.2) is 5.78 Å². The molecule has 35 heavy (non-hydrogen) atoms. The molecule has 8 heteroatoms. The quantitative estimate of drug-likeness (QED) is 0.215. The molecule has 2 nitrogen and oxygen atoms in total. The van der Waals surface area contributed by atoms with Crippen LogP contribution in [0.3, 0.4) is 0 Å². The predicted molar refractivity (Wildman–Crippen MR) is 123 cm³/mol. The second-order valence-electron chi connectivity index (χ2n) is 7.86. The lowest BCUT2D eigenvalue weighted by Gasteiger charge is -2.15. The third-order valence-electron chi connectivity index (χ3n) is 5.38. The molecule has 0 saturated carbocycles. The van der Waals surface area contributed by atoms with Gasteiger partial charge in [0.05, 0.1) is 27.9 Å². The number of hydrogen-bond donors (Lipinski definition) is 0. The van der Waals surface area contributed by atoms with Crippen LogP contribution in [-0.4, -0.2) is 10.8 Å². The monoisotopic (exact) mass is 485 g/mol. The van der Waals surface area contributed by atoms with Gasteiger partial charge >= 0.3 is 12.4 Å². The van der Waals surface area contributed by atoms with Gasteiger partial charge in [-0.05, 0) is 48.4 Å². The first-order valence-electron chi connectivity index (χ1n) is 10.4. The summed E-state index contributed by atoms with van der Waals surface area (Å²) < 4.78 is 79.4. The minimum atomic E-state index is -4.96. The standard InChI is InChI=1S/C27H17F6NO/c1-16(35)24-23(12-11-17-13-19(26(28,29)30)15-20(14-17)27(31,32)33)34-22-10-6-5-9-21(22)25(24)18-7-3-2-4-8-18/h2-15H,1H3/b12-11+. The summed E-state index contributed by atoms with van der Waals surface area (Å²) in [6, 6.07) is 17.4. The van der Waals surface area contributed by atoms with Gasteiger partial charge in [-0.1, -0.05) is 54.6 Å². The van der Waals surface area contributed by atoms with Crippen LogP contribution in [0.25, 0.3) is 34.2 Å². The van der Waals surface area contributed by atoms with Crippen molar-refractivity contribution in [1.29, 1.82) is 0 Å². The van der Waals surface area contributed by atoms with Crippen molar-refractivity contribution in [3.05, 3.63) is 101 Å². The zero-order valence-electron chi connectivity index (χ0n) is 18.2. The minimum absolute atomic E-state index is 0.0696. The molecule has 0 spiro atoms. The molecule has 0 saturated heterocycles. The van der Waals surface area contributed by atoms with Crippen molar-refractivity contribution >= 4 is 28.8 Å². The summed E-state index contributed by atoms with van der Waals surface area (Å²) >= 11 is 0. The number of aromatic nitrogens is 1. The van der Waals surface area contributed by atoms with Gasteiger partial charge in [0, 0.05) is 10.9 Å². The first-order chi connectivity index (χ1) is 16.4. The molecule has 0 radical (unpaired) electrons. The van der Waals surface area contributed by atoms with Crippen molar-refractivity contribution in [1.82, 2.24) is 4.98 Å². The van der Waals surface area contributed by atoms with E-state index in [9.17, 15) is 31.1 Å². The predicted octanol–water partition coefficient (Wildman–Crippen LogP) is 8.31. The van der Waals surface area contributed by atoms with Crippen LogP contribution in [0.2, 0.25) is 0 Å². The van der Waals surface area contributed by atoms with Crippen LogP contribution in [0.4, 0.5) is 26.3 Å². The highest BCUT2D eigenvalue weighted by molar-refractivity contribution is 6.11. The number of alkyl halides is 6. The Bertz CT molecular complexity index is 1400. The number of Topliss-reactive ketones (excluding diaryl/α,β-unsaturated/α-hetero) is 1. The van der Waals surface area contributed by atoms with Gasteiger partial charge in [0.1, 0.15) is 0 Å². The summed E-state index contributed by atoms with van der Waals surface area (Å²) in [6.45, 7) is 1.33. The number of benzene rings is 3. The van der Waals surface area contributed by atoms with E-state index in [2.05, 4.69) is 4.98 Å². The molecule has 4 aromatic rings. The number of fused-ring (bicyclic) bond motifs is 1. The topological polar surface area (TPSA) is 30.0 Å². The summed E-state index contributed by atoms with van der Waals surface area (Å²) in [7, 11) is 0. The molecule has 0 unspecified atom stereocenters. The first kappa shape index (κ1) is 24.2. The molecule has 0 fully saturated rings. The zero-order chi connectivity index (χ0) is 25.4. The number of hydrogen-bond acceptors (Lipinski definition) is 2. The van der Waals surface area contributed by atoms with Crippen LogP contribution in [0.1, 0.15) is 39.7 Å². The van der Waals surface area contributed by atoms with Gasteiger partial charge in [-0.2, -0.15) is 26.3 Å². The van der Waals surface area contributed by atoms with Gasteiger partial charge in [0.25, 0.3) is 0 Å². The van der Waals surface area contributed by atoms with E-state index in [1.165, 1.54) is 13.0 Å². The lowest BCUT2D eigenvalue weighted by atomic mass is 9.92. The highest BCUT2D eigenvalue weighted by atomic mass is 19.4. The Hall–Kier alpha value is -3.94. The number of carbonyl (C=O) groups excluding carboxylic acids is 1. The molecule has 0 bridgehead atoms. The lowest BCUT2D eigenvalue weighted by Crippen LogP contribution is -2.11. The van der Waals surface area contributed by atoms with Gasteiger partial charge in [-0.25, -0.2) is 4.98 Å². The smallest absolute Gasteiger partial charge is 0.294 e. The lowest BCUT2D eigenvalue weighted by molar-refractivity contribution is -0.143. The maximum absolute atomic E-state index is 13.2. The van der Waals surface area contributed by atoms with Gasteiger partial charge < -0.3 is 0 Å². The van der Waals surface area contributed by atoms with E-state index >= 15 is 0 Å². The average Bonchev–Trinajstić information content (AvgIpc) is 2.80. The molecule has 1 aromatic heterocycles. The fraction of sp³-hybridized carbons (Fsp3) is 0.111. The third-order valence-corrected chi connectivity index (χ3v) is 5.38. The molecule has 0 aliphatic carbocycles. The molecule has 0 amide bonds. The molecule has 1 heterocycles. The fourth-order valence-corrected chi connectivity index (χ4v) is 3.86. The Balaban J connectivity index is 1.95. The van der Waals surface area contributed by atoms with Crippen molar-refractivity contribution in [2.45, 2.75) is 19.3 Å². The van der Waals surface area contributed by atoms with Crippen LogP contribution in [0.5, 0.6) is 0 Å². The van der Waals surface area contributed by atoms with Crippen LogP contribution in [0, 0.1) is 0 Å². The third kappa shape index (κ3) is 5.11. The van der Waals surface area contributed by atoms with Crippen molar-refractivity contribution in [2.75, 3.05) is 0 Å². The Morgan fingerprint density at radius 3 is 1.91 bits per heavy atom. The van der Waals surface area contributed by atoms with Crippen LogP contribution < -0.4 is 0 Å². The molecular formula is C27H17F6NO. The zero-order valence-corrected chi connectivity index (χ0v) is 18.2. The van der Waals surface area contributed by atoms with Gasteiger partial charge in [-0.15, -0.1) is 0 Å². The van der Waals surface area contributed by atoms with E-state index in [-0.39, 0.29) is 28.7 Å². The number of rotatable bonds is 4. The van der Waals surface area contributed by atoms with Crippen molar-refractivity contribution < 1.29 is 31.1 Å². The molecule has 4 rings (SSSR count). The largest absolute Gasteiger partial charge is 0.416 e. The van der Waals surface area contributed by atoms with E-state index in [1.54, 1.807) is 36.4 Å². The van der Waals surface area contributed by atoms with Crippen LogP contribution >= 0.6 is 0 Å². The molecule has 0 aliphatic heterocycles. The maximum Gasteiger partial charge on any atom is 0.416 e. The first-order valence-corrected chi connectivity index (χ1v) is 10.4. The molecule has 0 aliphatic rings. The number of para-hydroxylation sites is 1. The normalized spacial score (nSPS) is 12.4. The molecule has 3 aromatic carbocycles. The highest BCUT2D eigenvalue weighted by Gasteiger charge is 2.36. The Labute approximate surface area is 196 Å². The number of pyridine rings is 1. The van der Waals surface area contributed by atoms with Gasteiger partial charge in [-0.3, -0.25) is 4.79 Å². The van der Waals surface area contributed by atoms with E-state index in [4.69, 9.17) is 0 Å². The van der Waals surface area contributed by atoms with Crippen molar-refractivity contribution in [3.63, 3.8) is 0 Å². The van der Waals surface area contributed by atoms with Crippen molar-refractivity contribution in [2.24, 2.45) is 0 Å². The van der Waals surface area contributed by atoms with E-state index in [0.717, 1.165) is 11.6 Å². The van der Waals surface area contributed by atoms with Crippen LogP contribution in [-0.2, 0) is 12.4 Å². The summed E-state index contributed by atoms with van der Waals surface area (Å²) in [4.78, 5) is 17.2. The molecular weight excluding hydrogens is 468 g/mol. The number of carbonyl (C=O) groups is 1. The Kier molecular flexibility index (Phi) is 6.23. The number of ketones is 1. The second kappa shape index (κ2) is 9.02. The average molecular weight is 485 g/mol. The summed E-state index contributed by atoms with van der Waals surface area (Å²) in [5.74, 6) is -0.346. The van der Waals surface area contributed by atoms with Crippen molar-refractivity contribution in [3.8, 4) is 11.1 Å². The number of halogens is 6. The summed E-state index contributed by atoms with van der Waals surface area (Å²) in [5, 5.41) is 0.694. The summed E-state index contributed by atoms with van der Waals surface area (Å²) in [6.07, 6.45) is -7.56. The number of nitrogens with zero attached hydrogens (tertiary/aromatic N) is 1. The molecule has 178 valence electrons. The summed E-state index contributed by atoms with van der Waals surface area (Å²) in [5.41, 5.74) is -0.970. The molecule has 0 N–H and O–H groups in total. The van der Waals surface area contributed by atoms with E-state index in [0.29, 0.717) is 28.6 Å². The Morgan fingerprint density at radius 1 is 0.771 bits per heavy atom.